The monoisotopic (exact) mass is 397 g/mol. The van der Waals surface area contributed by atoms with E-state index in [2.05, 4.69) is 15.9 Å². The minimum atomic E-state index is -3.67. The number of sulfonamides is 1. The number of hydrogen-bond acceptors (Lipinski definition) is 4. The zero-order valence-electron chi connectivity index (χ0n) is 12.5. The fourth-order valence-corrected chi connectivity index (χ4v) is 4.16. The van der Waals surface area contributed by atoms with Crippen molar-refractivity contribution in [1.82, 2.24) is 0 Å². The summed E-state index contributed by atoms with van der Waals surface area (Å²) in [5.41, 5.74) is 0.616. The Morgan fingerprint density at radius 3 is 2.35 bits per heavy atom. The van der Waals surface area contributed by atoms with E-state index < -0.39 is 10.0 Å². The van der Waals surface area contributed by atoms with Gasteiger partial charge in [0.1, 0.15) is 13.2 Å². The fraction of sp³-hybridized carbons (Fsp3) is 0.250. The first-order valence-corrected chi connectivity index (χ1v) is 9.43. The summed E-state index contributed by atoms with van der Waals surface area (Å²) in [6.07, 6.45) is 0. The third kappa shape index (κ3) is 3.16. The molecule has 0 radical (unpaired) electrons. The van der Waals surface area contributed by atoms with Gasteiger partial charge in [-0.3, -0.25) is 4.31 Å². The van der Waals surface area contributed by atoms with E-state index in [9.17, 15) is 8.42 Å². The van der Waals surface area contributed by atoms with Crippen LogP contribution in [0.25, 0.3) is 0 Å². The maximum atomic E-state index is 13.0. The average molecular weight is 398 g/mol. The van der Waals surface area contributed by atoms with E-state index in [0.717, 1.165) is 4.47 Å². The largest absolute Gasteiger partial charge is 0.486 e. The quantitative estimate of drug-likeness (QED) is 0.792. The second kappa shape index (κ2) is 6.41. The van der Waals surface area contributed by atoms with Crippen molar-refractivity contribution in [3.63, 3.8) is 0 Å². The molecule has 0 fully saturated rings. The van der Waals surface area contributed by atoms with Crippen LogP contribution in [0, 0.1) is 0 Å². The molecule has 0 atom stereocenters. The van der Waals surface area contributed by atoms with Crippen LogP contribution in [0.5, 0.6) is 11.5 Å². The molecule has 0 unspecified atom stereocenters. The molecule has 1 aliphatic rings. The van der Waals surface area contributed by atoms with Crippen LogP contribution in [0.15, 0.2) is 51.8 Å². The predicted molar refractivity (Wildman–Crippen MR) is 91.8 cm³/mol. The molecule has 7 heteroatoms. The van der Waals surface area contributed by atoms with Gasteiger partial charge in [0.15, 0.2) is 11.5 Å². The molecule has 0 N–H and O–H groups in total. The Kier molecular flexibility index (Phi) is 4.50. The highest BCUT2D eigenvalue weighted by Gasteiger charge is 2.25. The minimum absolute atomic E-state index is 0.187. The van der Waals surface area contributed by atoms with Gasteiger partial charge in [-0.2, -0.15) is 0 Å². The molecule has 122 valence electrons. The van der Waals surface area contributed by atoms with Gasteiger partial charge in [-0.15, -0.1) is 0 Å². The van der Waals surface area contributed by atoms with Crippen LogP contribution in [-0.4, -0.2) is 28.2 Å². The van der Waals surface area contributed by atoms with Crippen LogP contribution in [0.4, 0.5) is 5.69 Å². The summed E-state index contributed by atoms with van der Waals surface area (Å²) in [6, 6.07) is 11.9. The maximum absolute atomic E-state index is 13.0. The summed E-state index contributed by atoms with van der Waals surface area (Å²) in [6.45, 7) is 3.02. The van der Waals surface area contributed by atoms with Gasteiger partial charge in [-0.25, -0.2) is 8.42 Å². The number of rotatable bonds is 4. The summed E-state index contributed by atoms with van der Waals surface area (Å²) in [7, 11) is -3.67. The van der Waals surface area contributed by atoms with Crippen molar-refractivity contribution in [2.24, 2.45) is 0 Å². The number of hydrogen-bond donors (Lipinski definition) is 0. The van der Waals surface area contributed by atoms with E-state index >= 15 is 0 Å². The van der Waals surface area contributed by atoms with Crippen molar-refractivity contribution >= 4 is 31.6 Å². The zero-order valence-corrected chi connectivity index (χ0v) is 14.9. The second-order valence-corrected chi connectivity index (χ2v) is 7.73. The standard InChI is InChI=1S/C16H16BrNO4S/c1-2-18(13-5-3-12(17)4-6-13)23(19,20)14-7-8-15-16(11-14)22-10-9-21-15/h3-8,11H,2,9-10H2,1H3. The van der Waals surface area contributed by atoms with Crippen LogP contribution >= 0.6 is 15.9 Å². The molecular formula is C16H16BrNO4S. The van der Waals surface area contributed by atoms with E-state index in [1.165, 1.54) is 10.4 Å². The molecule has 0 aliphatic carbocycles. The number of benzene rings is 2. The van der Waals surface area contributed by atoms with Crippen LogP contribution in [0.2, 0.25) is 0 Å². The summed E-state index contributed by atoms with van der Waals surface area (Å²) in [5.74, 6) is 1.03. The van der Waals surface area contributed by atoms with Crippen molar-refractivity contribution in [2.45, 2.75) is 11.8 Å². The summed E-state index contributed by atoms with van der Waals surface area (Å²) >= 11 is 3.35. The first-order chi connectivity index (χ1) is 11.0. The Morgan fingerprint density at radius 2 is 1.70 bits per heavy atom. The van der Waals surface area contributed by atoms with Gasteiger partial charge < -0.3 is 9.47 Å². The smallest absolute Gasteiger partial charge is 0.264 e. The molecule has 0 aromatic heterocycles. The summed E-state index contributed by atoms with van der Waals surface area (Å²) < 4.78 is 39.1. The van der Waals surface area contributed by atoms with E-state index in [4.69, 9.17) is 9.47 Å². The zero-order chi connectivity index (χ0) is 16.4. The second-order valence-electron chi connectivity index (χ2n) is 4.95. The lowest BCUT2D eigenvalue weighted by atomic mass is 10.3. The van der Waals surface area contributed by atoms with Gasteiger partial charge in [0.2, 0.25) is 0 Å². The summed E-state index contributed by atoms with van der Waals surface area (Å²) in [5, 5.41) is 0. The van der Waals surface area contributed by atoms with Gasteiger partial charge in [-0.05, 0) is 43.3 Å². The number of ether oxygens (including phenoxy) is 2. The molecule has 0 saturated carbocycles. The van der Waals surface area contributed by atoms with Gasteiger partial charge in [0.05, 0.1) is 10.6 Å². The number of fused-ring (bicyclic) bond motifs is 1. The molecule has 0 amide bonds. The van der Waals surface area contributed by atoms with Crippen LogP contribution in [-0.2, 0) is 10.0 Å². The predicted octanol–water partition coefficient (Wildman–Crippen LogP) is 3.44. The van der Waals surface area contributed by atoms with Crippen molar-refractivity contribution in [3.8, 4) is 11.5 Å². The Labute approximate surface area is 144 Å². The molecule has 0 spiro atoms. The van der Waals surface area contributed by atoms with Crippen LogP contribution in [0.3, 0.4) is 0 Å². The van der Waals surface area contributed by atoms with Crippen molar-refractivity contribution < 1.29 is 17.9 Å². The van der Waals surface area contributed by atoms with Gasteiger partial charge in [-0.1, -0.05) is 15.9 Å². The van der Waals surface area contributed by atoms with Crippen LogP contribution in [0.1, 0.15) is 6.92 Å². The van der Waals surface area contributed by atoms with Crippen molar-refractivity contribution in [3.05, 3.63) is 46.9 Å². The minimum Gasteiger partial charge on any atom is -0.486 e. The van der Waals surface area contributed by atoms with E-state index in [1.807, 2.05) is 12.1 Å². The molecule has 2 aromatic carbocycles. The lowest BCUT2D eigenvalue weighted by Crippen LogP contribution is -2.30. The molecule has 1 aliphatic heterocycles. The highest BCUT2D eigenvalue weighted by atomic mass is 79.9. The third-order valence-electron chi connectivity index (χ3n) is 3.50. The molecule has 3 rings (SSSR count). The van der Waals surface area contributed by atoms with E-state index in [1.54, 1.807) is 31.2 Å². The van der Waals surface area contributed by atoms with E-state index in [0.29, 0.717) is 36.9 Å². The molecule has 1 heterocycles. The average Bonchev–Trinajstić information content (AvgIpc) is 2.56. The Balaban J connectivity index is 2.00. The maximum Gasteiger partial charge on any atom is 0.264 e. The normalized spacial score (nSPS) is 13.7. The molecular weight excluding hydrogens is 382 g/mol. The number of halogens is 1. The van der Waals surface area contributed by atoms with Gasteiger partial charge >= 0.3 is 0 Å². The SMILES string of the molecule is CCN(c1ccc(Br)cc1)S(=O)(=O)c1ccc2c(c1)OCCO2. The Morgan fingerprint density at radius 1 is 1.04 bits per heavy atom. The first kappa shape index (κ1) is 16.1. The molecule has 23 heavy (non-hydrogen) atoms. The first-order valence-electron chi connectivity index (χ1n) is 7.20. The highest BCUT2D eigenvalue weighted by Crippen LogP contribution is 2.34. The third-order valence-corrected chi connectivity index (χ3v) is 5.93. The molecule has 2 aromatic rings. The van der Waals surface area contributed by atoms with Crippen LogP contribution < -0.4 is 13.8 Å². The van der Waals surface area contributed by atoms with Gasteiger partial charge in [0, 0.05) is 17.1 Å². The Bertz CT molecular complexity index is 805. The van der Waals surface area contributed by atoms with Gasteiger partial charge in [0.25, 0.3) is 10.0 Å². The molecule has 0 bridgehead atoms. The molecule has 0 saturated heterocycles. The lowest BCUT2D eigenvalue weighted by Gasteiger charge is -2.24. The molecule has 5 nitrogen and oxygen atoms in total. The number of nitrogens with zero attached hydrogens (tertiary/aromatic N) is 1. The lowest BCUT2D eigenvalue weighted by molar-refractivity contribution is 0.171. The fourth-order valence-electron chi connectivity index (χ4n) is 2.41. The highest BCUT2D eigenvalue weighted by molar-refractivity contribution is 9.10. The Hall–Kier alpha value is -1.73. The summed E-state index contributed by atoms with van der Waals surface area (Å²) in [4.78, 5) is 0.187. The van der Waals surface area contributed by atoms with Crippen molar-refractivity contribution in [1.29, 1.82) is 0 Å². The van der Waals surface area contributed by atoms with E-state index in [-0.39, 0.29) is 4.90 Å². The number of anilines is 1. The van der Waals surface area contributed by atoms with Crippen molar-refractivity contribution in [2.75, 3.05) is 24.1 Å². The topological polar surface area (TPSA) is 55.8 Å².